The minimum absolute atomic E-state index is 0.376. The van der Waals surface area contributed by atoms with Gasteiger partial charge >= 0.3 is 172 Å². The van der Waals surface area contributed by atoms with Crippen molar-refractivity contribution in [3.8, 4) is 0 Å². The summed E-state index contributed by atoms with van der Waals surface area (Å²) in [4.78, 5) is 1.92. The fraction of sp³-hybridized carbons (Fsp3) is 1.00. The molecular formula is C14H24S2Se2Te2. The van der Waals surface area contributed by atoms with Crippen molar-refractivity contribution in [2.75, 3.05) is 11.5 Å². The molecule has 3 fully saturated rings. The van der Waals surface area contributed by atoms with Crippen molar-refractivity contribution in [2.45, 2.75) is 56.8 Å². The van der Waals surface area contributed by atoms with Gasteiger partial charge in [0.25, 0.3) is 0 Å². The second kappa shape index (κ2) is 9.14. The van der Waals surface area contributed by atoms with Crippen LogP contribution in [0, 0.1) is 5.92 Å². The summed E-state index contributed by atoms with van der Waals surface area (Å²) in [7, 11) is 0. The Balaban J connectivity index is 1.44. The standard InChI is InChI=1S/C14H24S2Se2Te2/c17-12(2-10-5-15-10)1-9-7-19-8-20-14(9)4-13(18)3-11-6-16-11/h9-14,17-18H,1-8H2. The molecule has 0 aromatic heterocycles. The number of hydrogen-bond donors (Lipinski definition) is 0. The molecule has 116 valence electrons. The van der Waals surface area contributed by atoms with E-state index in [1.54, 1.807) is 19.8 Å². The van der Waals surface area contributed by atoms with E-state index in [4.69, 9.17) is 0 Å². The predicted molar refractivity (Wildman–Crippen MR) is 101 cm³/mol. The third kappa shape index (κ3) is 6.67. The first-order chi connectivity index (χ1) is 9.70. The van der Waals surface area contributed by atoms with Gasteiger partial charge in [0.1, 0.15) is 0 Å². The van der Waals surface area contributed by atoms with Crippen molar-refractivity contribution in [2.24, 2.45) is 5.92 Å². The maximum atomic E-state index is 3.04. The fourth-order valence-electron chi connectivity index (χ4n) is 2.88. The number of hydrogen-bond acceptors (Lipinski definition) is 2. The van der Waals surface area contributed by atoms with Gasteiger partial charge in [-0.1, -0.05) is 0 Å². The molecule has 3 rings (SSSR count). The van der Waals surface area contributed by atoms with Crippen LogP contribution in [0.2, 0.25) is 20.6 Å². The Morgan fingerprint density at radius 1 is 0.950 bits per heavy atom. The second-order valence-electron chi connectivity index (χ2n) is 6.11. The first kappa shape index (κ1) is 18.1. The van der Waals surface area contributed by atoms with Crippen LogP contribution in [-0.2, 0) is 0 Å². The topological polar surface area (TPSA) is 0 Å². The zero-order valence-electron chi connectivity index (χ0n) is 11.6. The normalized spacial score (nSPS) is 39.3. The summed E-state index contributed by atoms with van der Waals surface area (Å²) >= 11 is 11.3. The van der Waals surface area contributed by atoms with Crippen molar-refractivity contribution < 1.29 is 0 Å². The Labute approximate surface area is 169 Å². The van der Waals surface area contributed by atoms with Crippen molar-refractivity contribution in [1.82, 2.24) is 0 Å². The Hall–Kier alpha value is 3.32. The van der Waals surface area contributed by atoms with E-state index in [1.165, 1.54) is 28.3 Å². The van der Waals surface area contributed by atoms with E-state index >= 15 is 0 Å². The van der Waals surface area contributed by atoms with Gasteiger partial charge in [0.2, 0.25) is 0 Å². The van der Waals surface area contributed by atoms with Crippen LogP contribution in [0.4, 0.5) is 0 Å². The fourth-order valence-corrected chi connectivity index (χ4v) is 21.5. The van der Waals surface area contributed by atoms with Gasteiger partial charge in [-0.05, 0) is 0 Å². The molecule has 0 amide bonds. The Bertz CT molecular complexity index is 284. The molecule has 6 atom stereocenters. The molecule has 0 aromatic rings. The average molecular weight is 670 g/mol. The molecule has 0 bridgehead atoms. The number of thioether (sulfide) groups is 2. The summed E-state index contributed by atoms with van der Waals surface area (Å²) in [5.41, 5.74) is 0. The van der Waals surface area contributed by atoms with Crippen LogP contribution in [0.3, 0.4) is 0 Å². The van der Waals surface area contributed by atoms with Crippen LogP contribution in [0.1, 0.15) is 25.7 Å². The molecule has 0 saturated carbocycles. The molecular weight excluding hydrogens is 645 g/mol. The Morgan fingerprint density at radius 3 is 2.15 bits per heavy atom. The van der Waals surface area contributed by atoms with Gasteiger partial charge in [-0.2, -0.15) is 0 Å². The summed E-state index contributed by atoms with van der Waals surface area (Å²) in [6.45, 7) is 0. The molecule has 0 aliphatic carbocycles. The van der Waals surface area contributed by atoms with E-state index in [2.05, 4.69) is 55.5 Å². The van der Waals surface area contributed by atoms with Gasteiger partial charge in [-0.25, -0.2) is 0 Å². The molecule has 6 heteroatoms. The van der Waals surface area contributed by atoms with Crippen LogP contribution in [0.5, 0.6) is 0 Å². The molecule has 0 spiro atoms. The monoisotopic (exact) mass is 676 g/mol. The second-order valence-corrected chi connectivity index (χ2v) is 21.8. The van der Waals surface area contributed by atoms with Gasteiger partial charge < -0.3 is 0 Å². The molecule has 0 nitrogen and oxygen atoms in total. The van der Waals surface area contributed by atoms with E-state index < -0.39 is 0 Å². The van der Waals surface area contributed by atoms with E-state index in [0.717, 1.165) is 26.1 Å². The molecule has 3 saturated heterocycles. The van der Waals surface area contributed by atoms with Crippen LogP contribution >= 0.6 is 23.5 Å². The molecule has 3 aliphatic rings. The van der Waals surface area contributed by atoms with Gasteiger partial charge in [-0.3, -0.25) is 0 Å². The maximum absolute atomic E-state index is 3.04. The summed E-state index contributed by atoms with van der Waals surface area (Å²) in [6, 6.07) is 0. The first-order valence-corrected chi connectivity index (χ1v) is 18.0. The third-order valence-corrected chi connectivity index (χ3v) is 19.4. The van der Waals surface area contributed by atoms with Crippen LogP contribution < -0.4 is 0 Å². The van der Waals surface area contributed by atoms with Gasteiger partial charge in [-0.15, -0.1) is 0 Å². The summed E-state index contributed by atoms with van der Waals surface area (Å²) < 4.78 is 4.65. The molecule has 0 N–H and O–H groups in total. The van der Waals surface area contributed by atoms with Gasteiger partial charge in [0, 0.05) is 0 Å². The van der Waals surface area contributed by atoms with Crippen molar-refractivity contribution in [1.29, 1.82) is 0 Å². The molecule has 0 radical (unpaired) electrons. The summed E-state index contributed by atoms with van der Waals surface area (Å²) in [6.07, 6.45) is 6.14. The first-order valence-electron chi connectivity index (χ1n) is 7.49. The Kier molecular flexibility index (Phi) is 8.28. The predicted octanol–water partition coefficient (Wildman–Crippen LogP) is 2.78. The zero-order chi connectivity index (χ0) is 13.9. The summed E-state index contributed by atoms with van der Waals surface area (Å²) in [5, 5.41) is 2.09. The van der Waals surface area contributed by atoms with Crippen LogP contribution in [0.25, 0.3) is 0 Å². The van der Waals surface area contributed by atoms with Crippen LogP contribution in [-0.4, -0.2) is 95.9 Å². The van der Waals surface area contributed by atoms with Crippen LogP contribution in [0.15, 0.2) is 0 Å². The zero-order valence-corrected chi connectivity index (χ0v) is 21.7. The van der Waals surface area contributed by atoms with Crippen molar-refractivity contribution in [3.63, 3.8) is 0 Å². The van der Waals surface area contributed by atoms with E-state index in [1.807, 2.05) is 0 Å². The summed E-state index contributed by atoms with van der Waals surface area (Å²) in [5.74, 6) is 4.07. The van der Waals surface area contributed by atoms with Gasteiger partial charge in [0.15, 0.2) is 0 Å². The third-order valence-electron chi connectivity index (χ3n) is 4.18. The molecule has 20 heavy (non-hydrogen) atoms. The quantitative estimate of drug-likeness (QED) is 0.288. The number of rotatable bonds is 8. The van der Waals surface area contributed by atoms with Crippen molar-refractivity contribution in [3.05, 3.63) is 0 Å². The average Bonchev–Trinajstić information content (AvgIpc) is 3.28. The van der Waals surface area contributed by atoms with E-state index in [-0.39, 0.29) is 0 Å². The molecule has 0 aromatic carbocycles. The molecule has 3 heterocycles. The molecule has 3 aliphatic heterocycles. The molecule has 6 unspecified atom stereocenters. The SMILES string of the molecule is [SeH]C(CC1CS1)CC1C[Te]C[Te]C1CC([SeH])CC1CS1. The minimum atomic E-state index is 0.376. The van der Waals surface area contributed by atoms with Gasteiger partial charge in [0.05, 0.1) is 0 Å². The van der Waals surface area contributed by atoms with E-state index in [9.17, 15) is 0 Å². The van der Waals surface area contributed by atoms with E-state index in [0.29, 0.717) is 41.8 Å². The Morgan fingerprint density at radius 2 is 1.55 bits per heavy atom. The van der Waals surface area contributed by atoms with Crippen molar-refractivity contribution >= 4 is 97.4 Å².